The van der Waals surface area contributed by atoms with E-state index in [0.717, 1.165) is 54.0 Å². The predicted octanol–water partition coefficient (Wildman–Crippen LogP) is 7.17. The fourth-order valence-electron chi connectivity index (χ4n) is 9.10. The van der Waals surface area contributed by atoms with Crippen LogP contribution in [0.15, 0.2) is 48.5 Å². The van der Waals surface area contributed by atoms with E-state index in [-0.39, 0.29) is 41.6 Å². The van der Waals surface area contributed by atoms with Gasteiger partial charge in [-0.25, -0.2) is 13.9 Å². The Morgan fingerprint density at radius 3 is 2.35 bits per heavy atom. The molecule has 2 aromatic carbocycles. The molecule has 1 aliphatic heterocycles. The van der Waals surface area contributed by atoms with Crippen molar-refractivity contribution in [3.63, 3.8) is 0 Å². The zero-order valence-electron chi connectivity index (χ0n) is 31.7. The molecule has 4 N–H and O–H groups in total. The highest BCUT2D eigenvalue weighted by Gasteiger charge is 2.47. The normalized spacial score (nSPS) is 25.5. The number of aromatic nitrogens is 3. The Balaban J connectivity index is 1.05. The van der Waals surface area contributed by atoms with Crippen molar-refractivity contribution in [2.45, 2.75) is 102 Å². The number of alkyl carbamates (subject to hydrolysis) is 1. The highest BCUT2D eigenvalue weighted by molar-refractivity contribution is 6.05. The second-order valence-corrected chi connectivity index (χ2v) is 16.5. The third-order valence-corrected chi connectivity index (χ3v) is 11.9. The smallest absolute Gasteiger partial charge is 0.407 e. The number of ether oxygens (including phenoxy) is 2. The Morgan fingerprint density at radius 1 is 0.926 bits per heavy atom. The van der Waals surface area contributed by atoms with E-state index in [4.69, 9.17) is 9.47 Å². The van der Waals surface area contributed by atoms with Gasteiger partial charge in [0.1, 0.15) is 24.0 Å². The van der Waals surface area contributed by atoms with Gasteiger partial charge in [-0.1, -0.05) is 12.1 Å². The van der Waals surface area contributed by atoms with E-state index in [9.17, 15) is 23.6 Å². The van der Waals surface area contributed by atoms with E-state index in [1.54, 1.807) is 33.9 Å². The number of carbonyl (C=O) groups excluding carboxylic acids is 4. The molecule has 2 saturated carbocycles. The summed E-state index contributed by atoms with van der Waals surface area (Å²) in [6.07, 6.45) is 6.40. The molecule has 290 valence electrons. The van der Waals surface area contributed by atoms with Crippen LogP contribution in [0, 0.1) is 23.7 Å². The molecule has 54 heavy (non-hydrogen) atoms. The molecule has 3 aliphatic rings. The number of nitrogens with zero attached hydrogens (tertiary/aromatic N) is 2. The third-order valence-electron chi connectivity index (χ3n) is 11.9. The Hall–Kier alpha value is -4.65. The van der Waals surface area contributed by atoms with E-state index >= 15 is 0 Å². The molecule has 0 radical (unpaired) electrons. The molecule has 2 aliphatic carbocycles. The molecule has 3 atom stereocenters. The van der Waals surface area contributed by atoms with Gasteiger partial charge in [-0.2, -0.15) is 0 Å². The van der Waals surface area contributed by atoms with Crippen molar-refractivity contribution in [3.05, 3.63) is 54.2 Å². The molecule has 3 amide bonds. The van der Waals surface area contributed by atoms with Crippen LogP contribution in [0.2, 0.25) is 0 Å². The first-order chi connectivity index (χ1) is 25.9. The lowest BCUT2D eigenvalue weighted by Gasteiger charge is -2.38. The van der Waals surface area contributed by atoms with Crippen molar-refractivity contribution in [3.8, 4) is 0 Å². The number of nitrogens with one attached hydrogen (secondary N) is 4. The second kappa shape index (κ2) is 15.6. The number of methoxy groups -OCH3 is 1. The van der Waals surface area contributed by atoms with Crippen LogP contribution in [0.3, 0.4) is 0 Å². The van der Waals surface area contributed by atoms with Crippen molar-refractivity contribution >= 4 is 51.4 Å². The summed E-state index contributed by atoms with van der Waals surface area (Å²) in [6.45, 7) is 5.10. The van der Waals surface area contributed by atoms with Crippen molar-refractivity contribution < 1.29 is 33.0 Å². The average molecular weight is 745 g/mol. The number of alkyl halides is 1. The molecule has 1 saturated heterocycles. The van der Waals surface area contributed by atoms with Crippen LogP contribution in [0.25, 0.3) is 21.9 Å². The van der Waals surface area contributed by atoms with Gasteiger partial charge in [-0.3, -0.25) is 19.5 Å². The monoisotopic (exact) mass is 744 g/mol. The van der Waals surface area contributed by atoms with Crippen LogP contribution in [0.5, 0.6) is 0 Å². The summed E-state index contributed by atoms with van der Waals surface area (Å²) in [5.74, 6) is -0.513. The summed E-state index contributed by atoms with van der Waals surface area (Å²) in [5.41, 5.74) is 2.79. The number of aromatic amines is 2. The van der Waals surface area contributed by atoms with E-state index in [1.165, 1.54) is 4.68 Å². The van der Waals surface area contributed by atoms with Crippen LogP contribution in [-0.4, -0.2) is 87.6 Å². The van der Waals surface area contributed by atoms with Crippen molar-refractivity contribution in [2.75, 3.05) is 25.6 Å². The first-order valence-corrected chi connectivity index (χ1v) is 19.4. The molecule has 4 aromatic rings. The largest absolute Gasteiger partial charge is 0.444 e. The molecule has 2 aromatic heterocycles. The summed E-state index contributed by atoms with van der Waals surface area (Å²) in [7, 11) is 1.75. The summed E-state index contributed by atoms with van der Waals surface area (Å²) in [6, 6.07) is 13.6. The summed E-state index contributed by atoms with van der Waals surface area (Å²) < 4.78 is 26.6. The molecule has 0 bridgehead atoms. The van der Waals surface area contributed by atoms with E-state index in [1.807, 2.05) is 47.4 Å². The van der Waals surface area contributed by atoms with Crippen molar-refractivity contribution in [1.82, 2.24) is 25.0 Å². The molecule has 3 heterocycles. The number of amides is 3. The lowest BCUT2D eigenvalue weighted by atomic mass is 9.75. The minimum atomic E-state index is -0.708. The van der Waals surface area contributed by atoms with Gasteiger partial charge in [-0.15, -0.1) is 0 Å². The molecule has 0 spiro atoms. The number of hydrogen-bond donors (Lipinski definition) is 4. The quantitative estimate of drug-likeness (QED) is 0.143. The number of likely N-dealkylation sites (tertiary alicyclic amines) is 1. The fourth-order valence-corrected chi connectivity index (χ4v) is 9.10. The Labute approximate surface area is 314 Å². The number of rotatable bonds is 9. The highest BCUT2D eigenvalue weighted by Crippen LogP contribution is 2.42. The third kappa shape index (κ3) is 7.92. The lowest BCUT2D eigenvalue weighted by Crippen LogP contribution is -2.50. The van der Waals surface area contributed by atoms with Gasteiger partial charge in [0, 0.05) is 36.2 Å². The molecular formula is C41H53FN6O6. The van der Waals surface area contributed by atoms with E-state index in [0.29, 0.717) is 49.5 Å². The van der Waals surface area contributed by atoms with Crippen LogP contribution in [-0.2, 0) is 19.1 Å². The number of hydrogen-bond acceptors (Lipinski definition) is 6. The zero-order chi connectivity index (χ0) is 38.1. The van der Waals surface area contributed by atoms with Gasteiger partial charge in [0.2, 0.25) is 11.8 Å². The second-order valence-electron chi connectivity index (χ2n) is 16.5. The Kier molecular flexibility index (Phi) is 10.9. The maximum absolute atomic E-state index is 14.4. The SMILES string of the molecule is COC1CCC([C@@H]2CCN(C(=O)C3CCC([C@@H](CF)NC(=O)OC(C)(C)C)CC3)[C@@H]2C(=O)Nc2ccc3[nH]c(C(=O)n4[nH]c5ccccc54)cc3c2)CC1. The molecule has 3 fully saturated rings. The number of anilines is 1. The average Bonchev–Trinajstić information content (AvgIpc) is 3.79. The summed E-state index contributed by atoms with van der Waals surface area (Å²) in [4.78, 5) is 59.3. The molecule has 13 heteroatoms. The topological polar surface area (TPSA) is 151 Å². The van der Waals surface area contributed by atoms with Crippen LogP contribution < -0.4 is 10.6 Å². The van der Waals surface area contributed by atoms with Crippen LogP contribution >= 0.6 is 0 Å². The minimum Gasteiger partial charge on any atom is -0.444 e. The van der Waals surface area contributed by atoms with E-state index in [2.05, 4.69) is 20.7 Å². The number of carbonyl (C=O) groups is 4. The number of benzene rings is 2. The molecule has 12 nitrogen and oxygen atoms in total. The van der Waals surface area contributed by atoms with E-state index < -0.39 is 30.5 Å². The van der Waals surface area contributed by atoms with Gasteiger partial charge in [0.05, 0.1) is 23.2 Å². The number of fused-ring (bicyclic) bond motifs is 2. The van der Waals surface area contributed by atoms with Gasteiger partial charge in [-0.05, 0) is 133 Å². The van der Waals surface area contributed by atoms with Gasteiger partial charge < -0.3 is 30.0 Å². The molecule has 0 unspecified atom stereocenters. The maximum Gasteiger partial charge on any atom is 0.407 e. The van der Waals surface area contributed by atoms with Gasteiger partial charge in [0.25, 0.3) is 5.91 Å². The van der Waals surface area contributed by atoms with Gasteiger partial charge in [0.15, 0.2) is 0 Å². The minimum absolute atomic E-state index is 0.0177. The molecule has 7 rings (SSSR count). The van der Waals surface area contributed by atoms with Crippen molar-refractivity contribution in [2.24, 2.45) is 23.7 Å². The first-order valence-electron chi connectivity index (χ1n) is 19.4. The fraction of sp³-hybridized carbons (Fsp3) is 0.561. The number of para-hydroxylation sites is 2. The van der Waals surface area contributed by atoms with Crippen LogP contribution in [0.1, 0.15) is 89.0 Å². The number of halogens is 1. The first kappa shape index (κ1) is 37.7. The Morgan fingerprint density at radius 2 is 1.67 bits per heavy atom. The summed E-state index contributed by atoms with van der Waals surface area (Å²) in [5, 5.41) is 9.69. The maximum atomic E-state index is 14.4. The van der Waals surface area contributed by atoms with Crippen LogP contribution in [0.4, 0.5) is 14.9 Å². The standard InChI is InChI=1S/C41H53FN6O6/c1-41(2,3)54-40(52)45-34(23-42)25-9-11-26(12-10-25)38(50)47-20-19-30(24-13-16-29(53-4)17-14-24)36(47)37(49)43-28-15-18-31-27(21-28)22-33(44-31)39(51)48-35-8-6-5-7-32(35)46-48/h5-8,15,18,21-22,24-26,29-30,34,36,44,46H,9-14,16-17,19-20,23H2,1-4H3,(H,43,49)(H,45,52)/t24?,25?,26?,29?,30-,34+,36-/m0/s1. The molecular weight excluding hydrogens is 691 g/mol. The van der Waals surface area contributed by atoms with Gasteiger partial charge >= 0.3 is 6.09 Å². The van der Waals surface area contributed by atoms with Crippen molar-refractivity contribution in [1.29, 1.82) is 0 Å². The Bertz CT molecular complexity index is 1980. The zero-order valence-corrected chi connectivity index (χ0v) is 31.7. The summed E-state index contributed by atoms with van der Waals surface area (Å²) >= 11 is 0. The highest BCUT2D eigenvalue weighted by atomic mass is 19.1. The predicted molar refractivity (Wildman–Crippen MR) is 204 cm³/mol. The lowest BCUT2D eigenvalue weighted by molar-refractivity contribution is -0.142. The number of H-pyrrole nitrogens is 2.